The Morgan fingerprint density at radius 2 is 1.66 bits per heavy atom. The summed E-state index contributed by atoms with van der Waals surface area (Å²) in [5.41, 5.74) is 4.62. The number of carbonyl (C=O) groups excluding carboxylic acids is 3. The molecule has 2 saturated carbocycles. The van der Waals surface area contributed by atoms with Crippen LogP contribution in [0.3, 0.4) is 0 Å². The molecule has 3 fully saturated rings. The molecule has 2 aliphatic carbocycles. The number of ether oxygens (including phenoxy) is 6. The molecule has 17 heteroatoms. The van der Waals surface area contributed by atoms with E-state index in [1.165, 1.54) is 6.33 Å². The number of halogens is 1. The van der Waals surface area contributed by atoms with Crippen LogP contribution in [0.15, 0.2) is 76.7 Å². The standard InChI is InChI=1S/C48H50BrN7O9/c1-60-35-14-11-29(22-38(35)61-2)41-32-5-3-4-6-33(32)46(57)56(54-41)31-17-19-55(20-18-31)47(58)34(21-27-9-12-30(49)13-10-27)53-48(59)65-39-23-50-44-42(39)51-25-52-43(44)40-36(62-24-28-7-8-28)15-16-37-45(40)64-26-63-37/h9-16,22-23,25,28,31-34,50H,3-8,17-21,24,26H2,1-2H3,(H,53,59)/t32-,33+,34+/m0/s1. The number of nitrogens with one attached hydrogen (secondary N) is 2. The average Bonchev–Trinajstić information content (AvgIpc) is 3.89. The monoisotopic (exact) mass is 947 g/mol. The fourth-order valence-corrected chi connectivity index (χ4v) is 9.81. The quantitative estimate of drug-likeness (QED) is 0.118. The average molecular weight is 949 g/mol. The van der Waals surface area contributed by atoms with Crippen LogP contribution in [0.5, 0.6) is 34.5 Å². The Labute approximate surface area is 384 Å². The molecule has 5 aromatic rings. The minimum atomic E-state index is -0.958. The van der Waals surface area contributed by atoms with Crippen LogP contribution in [-0.2, 0) is 16.0 Å². The number of aromatic nitrogens is 3. The van der Waals surface area contributed by atoms with Crippen LogP contribution in [-0.4, -0.2) is 101 Å². The van der Waals surface area contributed by atoms with E-state index < -0.39 is 12.1 Å². The first-order valence-electron chi connectivity index (χ1n) is 22.3. The Bertz CT molecular complexity index is 2640. The van der Waals surface area contributed by atoms with Crippen LogP contribution in [0, 0.1) is 17.8 Å². The van der Waals surface area contributed by atoms with Crippen LogP contribution in [0.1, 0.15) is 62.5 Å². The highest BCUT2D eigenvalue weighted by molar-refractivity contribution is 9.10. The number of piperidine rings is 1. The van der Waals surface area contributed by atoms with Gasteiger partial charge in [0.2, 0.25) is 18.6 Å². The lowest BCUT2D eigenvalue weighted by molar-refractivity contribution is -0.143. The lowest BCUT2D eigenvalue weighted by Gasteiger charge is -2.43. The predicted octanol–water partition coefficient (Wildman–Crippen LogP) is 7.67. The number of likely N-dealkylation sites (tertiary alicyclic amines) is 1. The fourth-order valence-electron chi connectivity index (χ4n) is 9.54. The zero-order valence-corrected chi connectivity index (χ0v) is 37.8. The van der Waals surface area contributed by atoms with Crippen molar-refractivity contribution in [2.24, 2.45) is 22.9 Å². The number of hydrogen-bond acceptors (Lipinski definition) is 12. The summed E-state index contributed by atoms with van der Waals surface area (Å²) in [7, 11) is 3.22. The maximum Gasteiger partial charge on any atom is 0.413 e. The number of methoxy groups -OCH3 is 2. The number of carbonyl (C=O) groups is 3. The lowest BCUT2D eigenvalue weighted by atomic mass is 9.73. The first-order valence-corrected chi connectivity index (χ1v) is 23.1. The van der Waals surface area contributed by atoms with E-state index in [9.17, 15) is 14.4 Å². The largest absolute Gasteiger partial charge is 0.493 e. The van der Waals surface area contributed by atoms with E-state index in [1.807, 2.05) is 54.6 Å². The SMILES string of the molecule is COc1ccc(C2=NN(C3CCN(C(=O)[C@@H](Cc4ccc(Br)cc4)NC(=O)Oc4c[nH]c5c(-c6c(OCC7CC7)ccc7c6OCO7)ncnc45)CC3)C(=O)[C@@H]3CCCC[C@H]23)cc1OC. The zero-order valence-electron chi connectivity index (χ0n) is 36.2. The molecule has 65 heavy (non-hydrogen) atoms. The summed E-state index contributed by atoms with van der Waals surface area (Å²) in [6, 6.07) is 15.9. The lowest BCUT2D eigenvalue weighted by Crippen LogP contribution is -2.56. The van der Waals surface area contributed by atoms with Crippen molar-refractivity contribution in [1.82, 2.24) is 30.2 Å². The second-order valence-electron chi connectivity index (χ2n) is 17.2. The number of nitrogens with zero attached hydrogens (tertiary/aromatic N) is 5. The van der Waals surface area contributed by atoms with Gasteiger partial charge in [-0.1, -0.05) is 40.9 Å². The highest BCUT2D eigenvalue weighted by Gasteiger charge is 2.44. The van der Waals surface area contributed by atoms with E-state index in [0.717, 1.165) is 59.8 Å². The van der Waals surface area contributed by atoms with Gasteiger partial charge in [0.05, 0.1) is 43.7 Å². The van der Waals surface area contributed by atoms with Crippen LogP contribution in [0.2, 0.25) is 0 Å². The number of hydrazone groups is 1. The van der Waals surface area contributed by atoms with Crippen molar-refractivity contribution < 1.29 is 42.8 Å². The number of aromatic amines is 1. The Balaban J connectivity index is 0.863. The van der Waals surface area contributed by atoms with Gasteiger partial charge in [0.15, 0.2) is 28.7 Å². The smallest absolute Gasteiger partial charge is 0.413 e. The molecule has 0 bridgehead atoms. The van der Waals surface area contributed by atoms with Gasteiger partial charge in [-0.15, -0.1) is 0 Å². The van der Waals surface area contributed by atoms with E-state index in [1.54, 1.807) is 30.3 Å². The van der Waals surface area contributed by atoms with Gasteiger partial charge >= 0.3 is 6.09 Å². The van der Waals surface area contributed by atoms with Crippen LogP contribution < -0.4 is 33.7 Å². The predicted molar refractivity (Wildman–Crippen MR) is 242 cm³/mol. The Morgan fingerprint density at radius 1 is 0.892 bits per heavy atom. The highest BCUT2D eigenvalue weighted by atomic mass is 79.9. The molecule has 2 aromatic heterocycles. The molecule has 5 aliphatic rings. The minimum Gasteiger partial charge on any atom is -0.493 e. The van der Waals surface area contributed by atoms with Crippen molar-refractivity contribution in [1.29, 1.82) is 0 Å². The summed E-state index contributed by atoms with van der Waals surface area (Å²) >= 11 is 3.49. The molecule has 3 aromatic carbocycles. The molecule has 16 nitrogen and oxygen atoms in total. The molecule has 3 amide bonds. The molecule has 1 saturated heterocycles. The molecule has 3 aliphatic heterocycles. The van der Waals surface area contributed by atoms with E-state index in [0.29, 0.717) is 89.5 Å². The van der Waals surface area contributed by atoms with Crippen molar-refractivity contribution in [2.75, 3.05) is 40.7 Å². The first kappa shape index (κ1) is 42.6. The maximum atomic E-state index is 14.5. The molecule has 0 unspecified atom stereocenters. The third-order valence-electron chi connectivity index (χ3n) is 13.2. The molecule has 0 spiro atoms. The summed E-state index contributed by atoms with van der Waals surface area (Å²) in [6.07, 6.45) is 9.40. The van der Waals surface area contributed by atoms with Gasteiger partial charge in [0, 0.05) is 47.6 Å². The van der Waals surface area contributed by atoms with E-state index >= 15 is 0 Å². The highest BCUT2D eigenvalue weighted by Crippen LogP contribution is 2.49. The second kappa shape index (κ2) is 18.3. The topological polar surface area (TPSA) is 179 Å². The third-order valence-corrected chi connectivity index (χ3v) is 13.7. The first-order chi connectivity index (χ1) is 31.8. The van der Waals surface area contributed by atoms with Gasteiger partial charge < -0.3 is 43.6 Å². The van der Waals surface area contributed by atoms with Gasteiger partial charge in [-0.25, -0.2) is 19.8 Å². The van der Waals surface area contributed by atoms with Gasteiger partial charge in [0.25, 0.3) is 0 Å². The van der Waals surface area contributed by atoms with E-state index in [2.05, 4.69) is 36.2 Å². The zero-order chi connectivity index (χ0) is 44.6. The van der Waals surface area contributed by atoms with Gasteiger partial charge in [-0.05, 0) is 92.5 Å². The molecular weight excluding hydrogens is 898 g/mol. The third kappa shape index (κ3) is 8.65. The van der Waals surface area contributed by atoms with E-state index in [-0.39, 0.29) is 48.7 Å². The van der Waals surface area contributed by atoms with Crippen molar-refractivity contribution >= 4 is 50.6 Å². The number of H-pyrrole nitrogens is 1. The summed E-state index contributed by atoms with van der Waals surface area (Å²) in [6.45, 7) is 1.40. The van der Waals surface area contributed by atoms with Crippen LogP contribution in [0.4, 0.5) is 4.79 Å². The van der Waals surface area contributed by atoms with Crippen molar-refractivity contribution in [3.05, 3.63) is 82.7 Å². The minimum absolute atomic E-state index is 0.0227. The fraction of sp³-hybridized carbons (Fsp3) is 0.417. The molecule has 10 rings (SSSR count). The van der Waals surface area contributed by atoms with Crippen molar-refractivity contribution in [3.63, 3.8) is 0 Å². The molecule has 5 heterocycles. The maximum absolute atomic E-state index is 14.5. The normalized spacial score (nSPS) is 19.9. The Kier molecular flexibility index (Phi) is 12.0. The number of fused-ring (bicyclic) bond motifs is 3. The summed E-state index contributed by atoms with van der Waals surface area (Å²) < 4.78 is 35.8. The molecule has 338 valence electrons. The molecule has 3 atom stereocenters. The number of hydrogen-bond donors (Lipinski definition) is 2. The number of benzene rings is 3. The Morgan fingerprint density at radius 3 is 2.43 bits per heavy atom. The summed E-state index contributed by atoms with van der Waals surface area (Å²) in [5.74, 6) is 3.25. The van der Waals surface area contributed by atoms with Crippen LogP contribution >= 0.6 is 15.9 Å². The van der Waals surface area contributed by atoms with Gasteiger partial charge in [-0.2, -0.15) is 5.10 Å². The van der Waals surface area contributed by atoms with Gasteiger partial charge in [-0.3, -0.25) is 9.59 Å². The van der Waals surface area contributed by atoms with Crippen molar-refractivity contribution in [3.8, 4) is 45.8 Å². The van der Waals surface area contributed by atoms with Crippen molar-refractivity contribution in [2.45, 2.75) is 69.9 Å². The number of rotatable bonds is 13. The summed E-state index contributed by atoms with van der Waals surface area (Å²) in [4.78, 5) is 56.5. The van der Waals surface area contributed by atoms with E-state index in [4.69, 9.17) is 33.5 Å². The van der Waals surface area contributed by atoms with Gasteiger partial charge in [0.1, 0.15) is 29.3 Å². The number of amides is 3. The Hall–Kier alpha value is -6.36. The molecular formula is C48H50BrN7O9. The molecule has 0 radical (unpaired) electrons. The summed E-state index contributed by atoms with van der Waals surface area (Å²) in [5, 5.41) is 9.66. The molecule has 2 N–H and O–H groups in total. The van der Waals surface area contributed by atoms with Crippen LogP contribution in [0.25, 0.3) is 22.3 Å². The second-order valence-corrected chi connectivity index (χ2v) is 18.2.